The first-order valence-electron chi connectivity index (χ1n) is 6.05. The first-order valence-corrected chi connectivity index (χ1v) is 8.35. The molecule has 0 aliphatic carbocycles. The van der Waals surface area contributed by atoms with Crippen LogP contribution in [0.3, 0.4) is 0 Å². The summed E-state index contributed by atoms with van der Waals surface area (Å²) in [4.78, 5) is 0.777. The molecule has 0 radical (unpaired) electrons. The van der Waals surface area contributed by atoms with E-state index in [2.05, 4.69) is 25.2 Å². The Morgan fingerprint density at radius 3 is 2.90 bits per heavy atom. The Morgan fingerprint density at radius 1 is 1.43 bits per heavy atom. The van der Waals surface area contributed by atoms with Gasteiger partial charge in [0.15, 0.2) is 5.76 Å². The van der Waals surface area contributed by atoms with Crippen LogP contribution in [0.15, 0.2) is 15.7 Å². The molecule has 3 aromatic rings. The van der Waals surface area contributed by atoms with Gasteiger partial charge in [0.2, 0.25) is 15.0 Å². The van der Waals surface area contributed by atoms with Gasteiger partial charge in [-0.1, -0.05) is 16.5 Å². The van der Waals surface area contributed by atoms with Crippen molar-refractivity contribution in [1.82, 2.24) is 29.7 Å². The van der Waals surface area contributed by atoms with Crippen LogP contribution in [-0.2, 0) is 16.4 Å². The molecule has 3 aromatic heterocycles. The molecule has 0 spiro atoms. The SMILES string of the molecule is Cc1noc(C)c1S(=O)(=O)NCCc1nn2cnnc2s1. The highest BCUT2D eigenvalue weighted by molar-refractivity contribution is 7.89. The van der Waals surface area contributed by atoms with E-state index in [4.69, 9.17) is 4.52 Å². The van der Waals surface area contributed by atoms with Crippen LogP contribution in [0.4, 0.5) is 0 Å². The van der Waals surface area contributed by atoms with Gasteiger partial charge in [-0.25, -0.2) is 13.1 Å². The Balaban J connectivity index is 1.68. The van der Waals surface area contributed by atoms with Gasteiger partial charge < -0.3 is 4.52 Å². The van der Waals surface area contributed by atoms with Crippen molar-refractivity contribution in [3.05, 3.63) is 22.8 Å². The maximum absolute atomic E-state index is 12.2. The lowest BCUT2D eigenvalue weighted by Crippen LogP contribution is -2.26. The summed E-state index contributed by atoms with van der Waals surface area (Å²) in [6, 6.07) is 0. The summed E-state index contributed by atoms with van der Waals surface area (Å²) in [7, 11) is -3.63. The van der Waals surface area contributed by atoms with Gasteiger partial charge in [-0.3, -0.25) is 0 Å². The average Bonchev–Trinajstić information content (AvgIpc) is 3.04. The molecule has 21 heavy (non-hydrogen) atoms. The maximum Gasteiger partial charge on any atom is 0.245 e. The highest BCUT2D eigenvalue weighted by atomic mass is 32.2. The van der Waals surface area contributed by atoms with Crippen LogP contribution in [0.5, 0.6) is 0 Å². The lowest BCUT2D eigenvalue weighted by molar-refractivity contribution is 0.390. The van der Waals surface area contributed by atoms with E-state index in [1.54, 1.807) is 18.4 Å². The normalized spacial score (nSPS) is 12.3. The second-order valence-corrected chi connectivity index (χ2v) is 7.10. The molecule has 0 aromatic carbocycles. The monoisotopic (exact) mass is 328 g/mol. The standard InChI is InChI=1S/C10H12N6O3S2/c1-6-9(7(2)19-15-6)21(17,18)12-4-3-8-14-16-5-11-13-10(16)20-8/h5,12H,3-4H2,1-2H3. The molecule has 1 N–H and O–H groups in total. The molecule has 3 rings (SSSR count). The third-order valence-corrected chi connectivity index (χ3v) is 5.47. The molecule has 0 amide bonds. The third kappa shape index (κ3) is 2.66. The molecular formula is C10H12N6O3S2. The summed E-state index contributed by atoms with van der Waals surface area (Å²) in [5.74, 6) is 0.277. The predicted molar refractivity (Wildman–Crippen MR) is 73.5 cm³/mol. The molecule has 0 bridgehead atoms. The first-order chi connectivity index (χ1) is 9.97. The van der Waals surface area contributed by atoms with Crippen molar-refractivity contribution in [2.75, 3.05) is 6.54 Å². The summed E-state index contributed by atoms with van der Waals surface area (Å²) in [6.07, 6.45) is 1.97. The number of hydrogen-bond acceptors (Lipinski definition) is 8. The zero-order valence-electron chi connectivity index (χ0n) is 11.3. The Hall–Kier alpha value is -1.85. The largest absolute Gasteiger partial charge is 0.360 e. The van der Waals surface area contributed by atoms with Gasteiger partial charge in [0.1, 0.15) is 21.9 Å². The van der Waals surface area contributed by atoms with Gasteiger partial charge in [0.25, 0.3) is 0 Å². The van der Waals surface area contributed by atoms with E-state index in [9.17, 15) is 8.42 Å². The molecule has 0 unspecified atom stereocenters. The Labute approximate surface area is 124 Å². The van der Waals surface area contributed by atoms with Crippen LogP contribution in [-0.4, -0.2) is 39.9 Å². The van der Waals surface area contributed by atoms with Gasteiger partial charge in [0.05, 0.1) is 0 Å². The summed E-state index contributed by atoms with van der Waals surface area (Å²) in [6.45, 7) is 3.39. The quantitative estimate of drug-likeness (QED) is 0.716. The molecule has 9 nitrogen and oxygen atoms in total. The first kappa shape index (κ1) is 14.1. The summed E-state index contributed by atoms with van der Waals surface area (Å²) >= 11 is 1.37. The van der Waals surface area contributed by atoms with E-state index in [0.29, 0.717) is 17.1 Å². The van der Waals surface area contributed by atoms with Gasteiger partial charge >= 0.3 is 0 Å². The lowest BCUT2D eigenvalue weighted by atomic mass is 10.4. The van der Waals surface area contributed by atoms with E-state index < -0.39 is 10.0 Å². The summed E-state index contributed by atoms with van der Waals surface area (Å²) in [5, 5.41) is 16.2. The second-order valence-electron chi connectivity index (χ2n) is 4.35. The van der Waals surface area contributed by atoms with Gasteiger partial charge in [-0.2, -0.15) is 9.61 Å². The van der Waals surface area contributed by atoms with E-state index in [-0.39, 0.29) is 17.2 Å². The number of nitrogens with one attached hydrogen (secondary N) is 1. The lowest BCUT2D eigenvalue weighted by Gasteiger charge is -2.04. The number of nitrogens with zero attached hydrogens (tertiary/aromatic N) is 5. The maximum atomic E-state index is 12.2. The number of hydrogen-bond donors (Lipinski definition) is 1. The van der Waals surface area contributed by atoms with Crippen molar-refractivity contribution >= 4 is 26.3 Å². The van der Waals surface area contributed by atoms with Crippen molar-refractivity contribution in [3.8, 4) is 0 Å². The Bertz CT molecular complexity index is 830. The number of aryl methyl sites for hydroxylation is 2. The van der Waals surface area contributed by atoms with Gasteiger partial charge in [0, 0.05) is 13.0 Å². The minimum atomic E-state index is -3.63. The van der Waals surface area contributed by atoms with Crippen LogP contribution in [0.25, 0.3) is 4.96 Å². The molecule has 0 saturated heterocycles. The Kier molecular flexibility index (Phi) is 3.47. The summed E-state index contributed by atoms with van der Waals surface area (Å²) < 4.78 is 33.3. The fourth-order valence-corrected chi connectivity index (χ4v) is 4.09. The highest BCUT2D eigenvalue weighted by Crippen LogP contribution is 2.18. The molecule has 0 atom stereocenters. The zero-order chi connectivity index (χ0) is 15.0. The van der Waals surface area contributed by atoms with E-state index in [1.165, 1.54) is 17.7 Å². The number of rotatable bonds is 5. The van der Waals surface area contributed by atoms with Crippen molar-refractivity contribution in [2.45, 2.75) is 25.2 Å². The molecule has 0 aliphatic heterocycles. The molecule has 0 fully saturated rings. The molecular weight excluding hydrogens is 316 g/mol. The second kappa shape index (κ2) is 5.16. The molecule has 112 valence electrons. The van der Waals surface area contributed by atoms with Crippen molar-refractivity contribution in [1.29, 1.82) is 0 Å². The number of sulfonamides is 1. The number of fused-ring (bicyclic) bond motifs is 1. The van der Waals surface area contributed by atoms with Crippen LogP contribution < -0.4 is 4.72 Å². The topological polar surface area (TPSA) is 115 Å². The van der Waals surface area contributed by atoms with Crippen LogP contribution in [0.2, 0.25) is 0 Å². The average molecular weight is 328 g/mol. The molecule has 0 saturated carbocycles. The minimum absolute atomic E-state index is 0.0978. The van der Waals surface area contributed by atoms with Crippen LogP contribution in [0.1, 0.15) is 16.5 Å². The van der Waals surface area contributed by atoms with Crippen LogP contribution in [0, 0.1) is 13.8 Å². The van der Waals surface area contributed by atoms with Gasteiger partial charge in [-0.05, 0) is 13.8 Å². The van der Waals surface area contributed by atoms with E-state index in [0.717, 1.165) is 5.01 Å². The number of aromatic nitrogens is 5. The van der Waals surface area contributed by atoms with E-state index >= 15 is 0 Å². The Morgan fingerprint density at radius 2 is 2.24 bits per heavy atom. The predicted octanol–water partition coefficient (Wildman–Crippen LogP) is 0.312. The zero-order valence-corrected chi connectivity index (χ0v) is 12.9. The fourth-order valence-electron chi connectivity index (χ4n) is 1.92. The van der Waals surface area contributed by atoms with E-state index in [1.807, 2.05) is 0 Å². The van der Waals surface area contributed by atoms with Gasteiger partial charge in [-0.15, -0.1) is 10.2 Å². The molecule has 11 heteroatoms. The van der Waals surface area contributed by atoms with Crippen molar-refractivity contribution < 1.29 is 12.9 Å². The van der Waals surface area contributed by atoms with Crippen molar-refractivity contribution in [3.63, 3.8) is 0 Å². The summed E-state index contributed by atoms with van der Waals surface area (Å²) in [5.41, 5.74) is 0.346. The highest BCUT2D eigenvalue weighted by Gasteiger charge is 2.23. The van der Waals surface area contributed by atoms with Crippen molar-refractivity contribution in [2.24, 2.45) is 0 Å². The van der Waals surface area contributed by atoms with Crippen LogP contribution >= 0.6 is 11.3 Å². The molecule has 0 aliphatic rings. The molecule has 3 heterocycles. The third-order valence-electron chi connectivity index (χ3n) is 2.80. The fraction of sp³-hybridized carbons (Fsp3) is 0.400. The minimum Gasteiger partial charge on any atom is -0.360 e. The smallest absolute Gasteiger partial charge is 0.245 e.